The van der Waals surface area contributed by atoms with Gasteiger partial charge in [-0.05, 0) is 36.8 Å². The molecule has 0 fully saturated rings. The minimum atomic E-state index is 0.540. The fraction of sp³-hybridized carbons (Fsp3) is 0.556. The van der Waals surface area contributed by atoms with Crippen LogP contribution >= 0.6 is 0 Å². The van der Waals surface area contributed by atoms with E-state index in [0.717, 1.165) is 12.8 Å². The Labute approximate surface area is 118 Å². The SMILES string of the molecule is CCC[C@@H]1C(CC)=CC(CC)=CN1[C@H]1C=CC=CC1. The van der Waals surface area contributed by atoms with Crippen LogP contribution in [0.2, 0.25) is 0 Å². The van der Waals surface area contributed by atoms with Crippen molar-refractivity contribution in [3.05, 3.63) is 47.7 Å². The Hall–Kier alpha value is -1.24. The van der Waals surface area contributed by atoms with Crippen LogP contribution in [0.3, 0.4) is 0 Å². The zero-order valence-corrected chi connectivity index (χ0v) is 12.6. The molecule has 0 aromatic rings. The molecule has 0 aromatic heterocycles. The van der Waals surface area contributed by atoms with E-state index in [-0.39, 0.29) is 0 Å². The fourth-order valence-electron chi connectivity index (χ4n) is 3.10. The van der Waals surface area contributed by atoms with Gasteiger partial charge in [-0.15, -0.1) is 0 Å². The van der Waals surface area contributed by atoms with Crippen molar-refractivity contribution in [3.8, 4) is 0 Å². The summed E-state index contributed by atoms with van der Waals surface area (Å²) < 4.78 is 0. The van der Waals surface area contributed by atoms with Crippen molar-refractivity contribution >= 4 is 0 Å². The van der Waals surface area contributed by atoms with Crippen molar-refractivity contribution in [1.82, 2.24) is 4.90 Å². The van der Waals surface area contributed by atoms with Gasteiger partial charge in [-0.1, -0.05) is 57.6 Å². The minimum Gasteiger partial charge on any atom is -0.364 e. The van der Waals surface area contributed by atoms with Gasteiger partial charge in [0.15, 0.2) is 0 Å². The van der Waals surface area contributed by atoms with Crippen LogP contribution < -0.4 is 0 Å². The molecule has 104 valence electrons. The standard InChI is InChI=1S/C18H27N/c1-4-10-18-16(6-3)13-15(5-2)14-19(18)17-11-8-7-9-12-17/h7-9,11,13-14,17-18H,4-6,10,12H2,1-3H3/t17-,18+/m0/s1. The van der Waals surface area contributed by atoms with Crippen molar-refractivity contribution in [3.63, 3.8) is 0 Å². The smallest absolute Gasteiger partial charge is 0.0511 e. The van der Waals surface area contributed by atoms with Gasteiger partial charge in [-0.2, -0.15) is 0 Å². The lowest BCUT2D eigenvalue weighted by molar-refractivity contribution is 0.239. The van der Waals surface area contributed by atoms with E-state index in [9.17, 15) is 0 Å². The number of hydrogen-bond donors (Lipinski definition) is 0. The van der Waals surface area contributed by atoms with Gasteiger partial charge in [0.2, 0.25) is 0 Å². The maximum Gasteiger partial charge on any atom is 0.0511 e. The van der Waals surface area contributed by atoms with Gasteiger partial charge in [0.05, 0.1) is 12.1 Å². The lowest BCUT2D eigenvalue weighted by Gasteiger charge is -2.41. The molecule has 1 nitrogen and oxygen atoms in total. The number of hydrogen-bond acceptors (Lipinski definition) is 1. The monoisotopic (exact) mass is 257 g/mol. The van der Waals surface area contributed by atoms with Gasteiger partial charge in [-0.3, -0.25) is 0 Å². The first-order chi connectivity index (χ1) is 9.30. The summed E-state index contributed by atoms with van der Waals surface area (Å²) in [7, 11) is 0. The van der Waals surface area contributed by atoms with E-state index in [0.29, 0.717) is 12.1 Å². The molecule has 2 atom stereocenters. The summed E-state index contributed by atoms with van der Waals surface area (Å²) in [6.45, 7) is 6.84. The van der Waals surface area contributed by atoms with Gasteiger partial charge in [0.25, 0.3) is 0 Å². The highest BCUT2D eigenvalue weighted by Crippen LogP contribution is 2.31. The third kappa shape index (κ3) is 3.20. The van der Waals surface area contributed by atoms with Gasteiger partial charge < -0.3 is 4.90 Å². The first kappa shape index (κ1) is 14.2. The van der Waals surface area contributed by atoms with Crippen LogP contribution in [0.5, 0.6) is 0 Å². The lowest BCUT2D eigenvalue weighted by Crippen LogP contribution is -2.41. The summed E-state index contributed by atoms with van der Waals surface area (Å²) in [6.07, 6.45) is 19.8. The van der Waals surface area contributed by atoms with Gasteiger partial charge in [0.1, 0.15) is 0 Å². The fourth-order valence-corrected chi connectivity index (χ4v) is 3.10. The second kappa shape index (κ2) is 6.79. The predicted molar refractivity (Wildman–Crippen MR) is 84.0 cm³/mol. The average Bonchev–Trinajstić information content (AvgIpc) is 2.48. The van der Waals surface area contributed by atoms with E-state index in [2.05, 4.69) is 62.3 Å². The minimum absolute atomic E-state index is 0.540. The third-order valence-electron chi connectivity index (χ3n) is 4.19. The highest BCUT2D eigenvalue weighted by atomic mass is 15.2. The molecule has 2 aliphatic rings. The van der Waals surface area contributed by atoms with Crippen molar-refractivity contribution in [2.24, 2.45) is 0 Å². The molecule has 0 spiro atoms. The largest absolute Gasteiger partial charge is 0.364 e. The highest BCUT2D eigenvalue weighted by molar-refractivity contribution is 5.33. The number of allylic oxidation sites excluding steroid dienone is 4. The molecule has 2 rings (SSSR count). The zero-order valence-electron chi connectivity index (χ0n) is 12.6. The van der Waals surface area contributed by atoms with E-state index >= 15 is 0 Å². The van der Waals surface area contributed by atoms with Crippen LogP contribution in [-0.2, 0) is 0 Å². The van der Waals surface area contributed by atoms with E-state index in [4.69, 9.17) is 0 Å². The summed E-state index contributed by atoms with van der Waals surface area (Å²) in [4.78, 5) is 2.61. The second-order valence-corrected chi connectivity index (χ2v) is 5.50. The molecule has 1 aliphatic heterocycles. The van der Waals surface area contributed by atoms with E-state index in [1.54, 1.807) is 5.57 Å². The Kier molecular flexibility index (Phi) is 5.07. The zero-order chi connectivity index (χ0) is 13.7. The van der Waals surface area contributed by atoms with Crippen LogP contribution in [0.15, 0.2) is 47.7 Å². The molecule has 0 saturated heterocycles. The molecule has 1 heterocycles. The van der Waals surface area contributed by atoms with E-state index < -0.39 is 0 Å². The molecule has 0 bridgehead atoms. The second-order valence-electron chi connectivity index (χ2n) is 5.50. The molecular weight excluding hydrogens is 230 g/mol. The van der Waals surface area contributed by atoms with Crippen molar-refractivity contribution in [1.29, 1.82) is 0 Å². The molecule has 1 aliphatic carbocycles. The molecular formula is C18H27N. The van der Waals surface area contributed by atoms with Crippen LogP contribution in [-0.4, -0.2) is 17.0 Å². The Bertz CT molecular complexity index is 411. The average molecular weight is 257 g/mol. The molecule has 0 saturated carbocycles. The molecule has 0 unspecified atom stereocenters. The van der Waals surface area contributed by atoms with Gasteiger partial charge in [-0.25, -0.2) is 0 Å². The summed E-state index contributed by atoms with van der Waals surface area (Å²) in [5, 5.41) is 0. The van der Waals surface area contributed by atoms with Crippen molar-refractivity contribution in [2.75, 3.05) is 0 Å². The quantitative estimate of drug-likeness (QED) is 0.671. The predicted octanol–water partition coefficient (Wildman–Crippen LogP) is 4.99. The summed E-state index contributed by atoms with van der Waals surface area (Å²) in [5.74, 6) is 0. The third-order valence-corrected chi connectivity index (χ3v) is 4.19. The van der Waals surface area contributed by atoms with Crippen LogP contribution in [0, 0.1) is 0 Å². The summed E-state index contributed by atoms with van der Waals surface area (Å²) in [5.41, 5.74) is 3.09. The normalized spacial score (nSPS) is 26.4. The lowest BCUT2D eigenvalue weighted by atomic mass is 9.90. The molecule has 0 radical (unpaired) electrons. The molecule has 0 aromatic carbocycles. The van der Waals surface area contributed by atoms with E-state index in [1.165, 1.54) is 24.8 Å². The van der Waals surface area contributed by atoms with Crippen molar-refractivity contribution < 1.29 is 0 Å². The summed E-state index contributed by atoms with van der Waals surface area (Å²) >= 11 is 0. The molecule has 19 heavy (non-hydrogen) atoms. The Morgan fingerprint density at radius 3 is 2.58 bits per heavy atom. The Morgan fingerprint density at radius 2 is 2.00 bits per heavy atom. The van der Waals surface area contributed by atoms with Crippen LogP contribution in [0.25, 0.3) is 0 Å². The maximum atomic E-state index is 2.61. The maximum absolute atomic E-state index is 2.61. The first-order valence-corrected chi connectivity index (χ1v) is 7.82. The van der Waals surface area contributed by atoms with Crippen molar-refractivity contribution in [2.45, 2.75) is 65.0 Å². The highest BCUT2D eigenvalue weighted by Gasteiger charge is 2.26. The summed E-state index contributed by atoms with van der Waals surface area (Å²) in [6, 6.07) is 1.14. The number of rotatable bonds is 5. The molecule has 0 amide bonds. The van der Waals surface area contributed by atoms with Gasteiger partial charge in [0, 0.05) is 6.20 Å². The number of nitrogens with zero attached hydrogens (tertiary/aromatic N) is 1. The molecule has 1 heteroatoms. The van der Waals surface area contributed by atoms with E-state index in [1.807, 2.05) is 0 Å². The van der Waals surface area contributed by atoms with Crippen LogP contribution in [0.4, 0.5) is 0 Å². The Morgan fingerprint density at radius 1 is 1.16 bits per heavy atom. The van der Waals surface area contributed by atoms with Crippen LogP contribution in [0.1, 0.15) is 52.9 Å². The molecule has 0 N–H and O–H groups in total. The topological polar surface area (TPSA) is 3.24 Å². The Balaban J connectivity index is 2.26. The first-order valence-electron chi connectivity index (χ1n) is 7.82. The van der Waals surface area contributed by atoms with Gasteiger partial charge >= 0.3 is 0 Å².